The van der Waals surface area contributed by atoms with E-state index >= 15 is 0 Å². The summed E-state index contributed by atoms with van der Waals surface area (Å²) in [5.74, 6) is -1.05. The molecule has 3 N–H and O–H groups in total. The van der Waals surface area contributed by atoms with E-state index in [4.69, 9.17) is 0 Å². The zero-order valence-electron chi connectivity index (χ0n) is 16.4. The lowest BCUT2D eigenvalue weighted by atomic mass is 10.2. The molecule has 1 heterocycles. The van der Waals surface area contributed by atoms with Crippen molar-refractivity contribution in [1.82, 2.24) is 14.9 Å². The summed E-state index contributed by atoms with van der Waals surface area (Å²) in [4.78, 5) is 57.0. The number of aromatic nitrogens is 2. The maximum Gasteiger partial charge on any atom is 0.277 e. The molecule has 154 valence electrons. The highest BCUT2D eigenvalue weighted by atomic mass is 32.2. The Morgan fingerprint density at radius 3 is 2.34 bits per heavy atom. The summed E-state index contributed by atoms with van der Waals surface area (Å²) >= 11 is 1.05. The molecule has 3 amide bonds. The van der Waals surface area contributed by atoms with Crippen molar-refractivity contribution in [3.8, 4) is 0 Å². The first-order valence-electron chi connectivity index (χ1n) is 9.04. The number of H-pyrrole nitrogens is 1. The van der Waals surface area contributed by atoms with Gasteiger partial charge in [-0.3, -0.25) is 24.2 Å². The smallest absolute Gasteiger partial charge is 0.277 e. The van der Waals surface area contributed by atoms with Crippen LogP contribution in [-0.4, -0.2) is 51.4 Å². The van der Waals surface area contributed by atoms with Crippen LogP contribution in [-0.2, 0) is 9.59 Å². The van der Waals surface area contributed by atoms with E-state index < -0.39 is 17.4 Å². The summed E-state index contributed by atoms with van der Waals surface area (Å²) < 4.78 is 0. The van der Waals surface area contributed by atoms with Crippen LogP contribution in [0.5, 0.6) is 0 Å². The molecule has 0 atom stereocenters. The first-order valence-corrected chi connectivity index (χ1v) is 10.0. The summed E-state index contributed by atoms with van der Waals surface area (Å²) in [5.41, 5.74) is -0.455. The average molecular weight is 417 g/mol. The van der Waals surface area contributed by atoms with Crippen molar-refractivity contribution in [2.75, 3.05) is 29.5 Å². The highest BCUT2D eigenvalue weighted by Gasteiger charge is 2.18. The van der Waals surface area contributed by atoms with Crippen molar-refractivity contribution >= 4 is 41.0 Å². The normalized spacial score (nSPS) is 10.3. The number of carbonyl (C=O) groups is 3. The fourth-order valence-electron chi connectivity index (χ4n) is 2.47. The Bertz CT molecular complexity index is 941. The van der Waals surface area contributed by atoms with Gasteiger partial charge in [-0.05, 0) is 26.0 Å². The van der Waals surface area contributed by atoms with Gasteiger partial charge in [0.2, 0.25) is 11.8 Å². The van der Waals surface area contributed by atoms with Crippen molar-refractivity contribution in [2.45, 2.75) is 25.9 Å². The Morgan fingerprint density at radius 1 is 1.10 bits per heavy atom. The number of nitrogens with zero attached hydrogens (tertiary/aromatic N) is 2. The second-order valence-corrected chi connectivity index (χ2v) is 6.91. The Kier molecular flexibility index (Phi) is 7.96. The topological polar surface area (TPSA) is 124 Å². The predicted molar refractivity (Wildman–Crippen MR) is 112 cm³/mol. The van der Waals surface area contributed by atoms with Gasteiger partial charge in [0.05, 0.1) is 5.75 Å². The molecule has 0 spiro atoms. The van der Waals surface area contributed by atoms with Crippen LogP contribution < -0.4 is 16.2 Å². The van der Waals surface area contributed by atoms with Crippen LogP contribution in [0.15, 0.2) is 40.3 Å². The maximum atomic E-state index is 12.5. The van der Waals surface area contributed by atoms with E-state index in [2.05, 4.69) is 20.6 Å². The number of nitrogens with one attached hydrogen (secondary N) is 3. The SMILES string of the molecule is CCN(CC)C(=O)CSc1nc(NC(C)=O)c(NC(=O)c2ccccc2)c(=O)[nH]1. The lowest BCUT2D eigenvalue weighted by molar-refractivity contribution is -0.128. The quantitative estimate of drug-likeness (QED) is 0.445. The highest BCUT2D eigenvalue weighted by Crippen LogP contribution is 2.20. The molecule has 0 unspecified atom stereocenters. The largest absolute Gasteiger partial charge is 0.343 e. The number of carbonyl (C=O) groups excluding carboxylic acids is 3. The number of thioether (sulfide) groups is 1. The minimum atomic E-state index is -0.634. The fourth-order valence-corrected chi connectivity index (χ4v) is 3.23. The van der Waals surface area contributed by atoms with Gasteiger partial charge in [0.1, 0.15) is 0 Å². The van der Waals surface area contributed by atoms with Crippen LogP contribution in [0.2, 0.25) is 0 Å². The Hall–Kier alpha value is -3.14. The molecule has 0 bridgehead atoms. The summed E-state index contributed by atoms with van der Waals surface area (Å²) in [7, 11) is 0. The van der Waals surface area contributed by atoms with Crippen LogP contribution in [0.1, 0.15) is 31.1 Å². The van der Waals surface area contributed by atoms with Gasteiger partial charge in [0.25, 0.3) is 11.5 Å². The molecule has 0 radical (unpaired) electrons. The number of hydrogen-bond acceptors (Lipinski definition) is 6. The Labute approximate surface area is 172 Å². The number of rotatable bonds is 8. The third-order valence-corrected chi connectivity index (χ3v) is 4.77. The van der Waals surface area contributed by atoms with Gasteiger partial charge in [0, 0.05) is 25.6 Å². The molecule has 0 saturated carbocycles. The van der Waals surface area contributed by atoms with E-state index in [1.165, 1.54) is 6.92 Å². The summed E-state index contributed by atoms with van der Waals surface area (Å²) in [5, 5.41) is 5.10. The maximum absolute atomic E-state index is 12.5. The van der Waals surface area contributed by atoms with Gasteiger partial charge in [-0.15, -0.1) is 0 Å². The van der Waals surface area contributed by atoms with E-state index in [0.717, 1.165) is 11.8 Å². The monoisotopic (exact) mass is 417 g/mol. The van der Waals surface area contributed by atoms with E-state index in [1.54, 1.807) is 35.2 Å². The zero-order valence-corrected chi connectivity index (χ0v) is 17.3. The molecule has 0 aliphatic heterocycles. The van der Waals surface area contributed by atoms with Crippen molar-refractivity contribution in [3.63, 3.8) is 0 Å². The Balaban J connectivity index is 2.26. The molecule has 9 nitrogen and oxygen atoms in total. The number of hydrogen-bond donors (Lipinski definition) is 3. The molecule has 1 aromatic heterocycles. The molecule has 0 saturated heterocycles. The number of amides is 3. The molecule has 0 fully saturated rings. The van der Waals surface area contributed by atoms with Crippen LogP contribution in [0.4, 0.5) is 11.5 Å². The van der Waals surface area contributed by atoms with Gasteiger partial charge in [-0.2, -0.15) is 0 Å². The summed E-state index contributed by atoms with van der Waals surface area (Å²) in [6, 6.07) is 8.34. The Morgan fingerprint density at radius 2 is 1.76 bits per heavy atom. The molecular weight excluding hydrogens is 394 g/mol. The summed E-state index contributed by atoms with van der Waals surface area (Å²) in [6.45, 7) is 6.20. The van der Waals surface area contributed by atoms with Gasteiger partial charge in [-0.1, -0.05) is 30.0 Å². The first-order chi connectivity index (χ1) is 13.8. The number of aromatic amines is 1. The van der Waals surface area contributed by atoms with E-state index in [1.807, 2.05) is 13.8 Å². The first kappa shape index (κ1) is 22.2. The second-order valence-electron chi connectivity index (χ2n) is 5.95. The molecule has 10 heteroatoms. The van der Waals surface area contributed by atoms with Crippen molar-refractivity contribution < 1.29 is 14.4 Å². The number of anilines is 2. The molecule has 1 aromatic carbocycles. The van der Waals surface area contributed by atoms with E-state index in [-0.39, 0.29) is 28.3 Å². The minimum absolute atomic E-state index is 0.0803. The fraction of sp³-hybridized carbons (Fsp3) is 0.316. The minimum Gasteiger partial charge on any atom is -0.343 e. The molecule has 29 heavy (non-hydrogen) atoms. The zero-order chi connectivity index (χ0) is 21.4. The van der Waals surface area contributed by atoms with Crippen LogP contribution >= 0.6 is 11.8 Å². The summed E-state index contributed by atoms with van der Waals surface area (Å²) in [6.07, 6.45) is 0. The van der Waals surface area contributed by atoms with Crippen molar-refractivity contribution in [1.29, 1.82) is 0 Å². The van der Waals surface area contributed by atoms with E-state index in [0.29, 0.717) is 18.7 Å². The van der Waals surface area contributed by atoms with Crippen molar-refractivity contribution in [2.24, 2.45) is 0 Å². The molecule has 2 rings (SSSR count). The van der Waals surface area contributed by atoms with Crippen LogP contribution in [0.25, 0.3) is 0 Å². The third kappa shape index (κ3) is 6.18. The molecule has 2 aromatic rings. The highest BCUT2D eigenvalue weighted by molar-refractivity contribution is 7.99. The average Bonchev–Trinajstić information content (AvgIpc) is 2.70. The van der Waals surface area contributed by atoms with Gasteiger partial charge in [0.15, 0.2) is 16.7 Å². The molecule has 0 aliphatic rings. The van der Waals surface area contributed by atoms with Crippen LogP contribution in [0.3, 0.4) is 0 Å². The lowest BCUT2D eigenvalue weighted by Gasteiger charge is -2.18. The lowest BCUT2D eigenvalue weighted by Crippen LogP contribution is -2.32. The van der Waals surface area contributed by atoms with Gasteiger partial charge >= 0.3 is 0 Å². The second kappa shape index (κ2) is 10.4. The number of benzene rings is 1. The van der Waals surface area contributed by atoms with Crippen molar-refractivity contribution in [3.05, 3.63) is 46.2 Å². The third-order valence-electron chi connectivity index (χ3n) is 3.92. The van der Waals surface area contributed by atoms with Gasteiger partial charge < -0.3 is 15.5 Å². The van der Waals surface area contributed by atoms with E-state index in [9.17, 15) is 19.2 Å². The van der Waals surface area contributed by atoms with Gasteiger partial charge in [-0.25, -0.2) is 4.98 Å². The molecule has 0 aliphatic carbocycles. The van der Waals surface area contributed by atoms with Crippen LogP contribution in [0, 0.1) is 0 Å². The predicted octanol–water partition coefficient (Wildman–Crippen LogP) is 1.94. The standard InChI is InChI=1S/C19H23N5O4S/c1-4-24(5-2)14(26)11-29-19-22-16(20-12(3)25)15(18(28)23-19)21-17(27)13-9-7-6-8-10-13/h6-10H,4-5,11H2,1-3H3,(H,21,27)(H2,20,22,23,25,28). The molecular formula is C19H23N5O4S.